The topological polar surface area (TPSA) is 162 Å². The van der Waals surface area contributed by atoms with E-state index in [1.165, 1.54) is 24.3 Å². The lowest BCUT2D eigenvalue weighted by Gasteiger charge is -2.46. The molecule has 0 bridgehead atoms. The van der Waals surface area contributed by atoms with Gasteiger partial charge in [0.1, 0.15) is 23.3 Å². The number of hydrogen-bond donors (Lipinski definition) is 4. The molecule has 3 aromatic carbocycles. The molecule has 4 fully saturated rings. The van der Waals surface area contributed by atoms with Crippen LogP contribution in [0.2, 0.25) is 5.02 Å². The molecule has 13 nitrogen and oxygen atoms in total. The van der Waals surface area contributed by atoms with Crippen LogP contribution < -0.4 is 26.0 Å². The van der Waals surface area contributed by atoms with Gasteiger partial charge in [0, 0.05) is 94.4 Å². The largest absolute Gasteiger partial charge is 0.495 e. The van der Waals surface area contributed by atoms with E-state index < -0.39 is 64.5 Å². The molecule has 2 spiro atoms. The summed E-state index contributed by atoms with van der Waals surface area (Å²) in [5, 5.41) is 11.8. The Kier molecular flexibility index (Phi) is 12.2. The molecule has 73 heavy (non-hydrogen) atoms. The smallest absolute Gasteiger partial charge is 0.433 e. The summed E-state index contributed by atoms with van der Waals surface area (Å²) in [5.41, 5.74) is -0.116. The highest BCUT2D eigenvalue weighted by Gasteiger charge is 2.63. The summed E-state index contributed by atoms with van der Waals surface area (Å²) in [6, 6.07) is 13.2. The highest BCUT2D eigenvalue weighted by Crippen LogP contribution is 2.60. The molecule has 1 unspecified atom stereocenters. The van der Waals surface area contributed by atoms with Crippen molar-refractivity contribution in [2.75, 3.05) is 30.8 Å². The number of imide groups is 1. The zero-order valence-electron chi connectivity index (χ0n) is 41.3. The third-order valence-corrected chi connectivity index (χ3v) is 16.4. The van der Waals surface area contributed by atoms with E-state index in [9.17, 15) is 37.1 Å². The minimum atomic E-state index is -4.71. The van der Waals surface area contributed by atoms with Gasteiger partial charge in [0.2, 0.25) is 17.7 Å². The van der Waals surface area contributed by atoms with E-state index in [0.29, 0.717) is 35.2 Å². The van der Waals surface area contributed by atoms with Crippen molar-refractivity contribution in [3.8, 4) is 17.6 Å². The molecule has 382 valence electrons. The quantitative estimate of drug-likeness (QED) is 0.0808. The van der Waals surface area contributed by atoms with E-state index in [-0.39, 0.29) is 88.1 Å². The molecule has 5 aliphatic heterocycles. The Labute approximate surface area is 425 Å². The van der Waals surface area contributed by atoms with Crippen LogP contribution in [0.3, 0.4) is 0 Å². The summed E-state index contributed by atoms with van der Waals surface area (Å²) in [4.78, 5) is 74.7. The lowest BCUT2D eigenvalue weighted by atomic mass is 9.63. The first-order valence-electron chi connectivity index (χ1n) is 24.6. The van der Waals surface area contributed by atoms with Crippen LogP contribution in [0.1, 0.15) is 128 Å². The van der Waals surface area contributed by atoms with Gasteiger partial charge in [-0.05, 0) is 105 Å². The number of piperidine rings is 2. The fourth-order valence-corrected chi connectivity index (χ4v) is 12.3. The Hall–Kier alpha value is -6.51. The highest BCUT2D eigenvalue weighted by atomic mass is 35.5. The van der Waals surface area contributed by atoms with Crippen LogP contribution >= 0.6 is 11.6 Å². The van der Waals surface area contributed by atoms with Crippen LogP contribution in [-0.4, -0.2) is 88.2 Å². The van der Waals surface area contributed by atoms with Gasteiger partial charge in [-0.1, -0.05) is 62.4 Å². The maximum atomic E-state index is 16.4. The van der Waals surface area contributed by atoms with Gasteiger partial charge in [0.05, 0.1) is 23.9 Å². The molecule has 5 amide bonds. The van der Waals surface area contributed by atoms with E-state index in [2.05, 4.69) is 38.1 Å². The van der Waals surface area contributed by atoms with E-state index >= 15 is 4.39 Å². The van der Waals surface area contributed by atoms with Gasteiger partial charge in [-0.2, -0.15) is 13.2 Å². The predicted octanol–water partition coefficient (Wildman–Crippen LogP) is 8.60. The van der Waals surface area contributed by atoms with Gasteiger partial charge in [-0.15, -0.1) is 0 Å². The number of hydrogen-bond acceptors (Lipinski definition) is 9. The third kappa shape index (κ3) is 8.77. The summed E-state index contributed by atoms with van der Waals surface area (Å²) in [6.07, 6.45) is -0.299. The van der Waals surface area contributed by atoms with Crippen molar-refractivity contribution in [2.45, 2.75) is 121 Å². The molecule has 10 rings (SSSR count). The molecule has 6 aliphatic rings. The Bertz CT molecular complexity index is 3070. The van der Waals surface area contributed by atoms with Gasteiger partial charge in [0.25, 0.3) is 11.8 Å². The first-order chi connectivity index (χ1) is 34.4. The predicted molar refractivity (Wildman–Crippen MR) is 264 cm³/mol. The summed E-state index contributed by atoms with van der Waals surface area (Å²) < 4.78 is 64.1. The number of methoxy groups -OCH3 is 1. The Balaban J connectivity index is 0.895. The number of ether oxygens (including phenoxy) is 1. The zero-order valence-corrected chi connectivity index (χ0v) is 42.0. The molecular formula is C55H56ClF4N7O6. The lowest BCUT2D eigenvalue weighted by Crippen LogP contribution is -2.54. The minimum absolute atomic E-state index is 0.0112. The van der Waals surface area contributed by atoms with Gasteiger partial charge in [0.15, 0.2) is 0 Å². The highest BCUT2D eigenvalue weighted by molar-refractivity contribution is 6.30. The number of halogens is 5. The number of alkyl halides is 3. The molecule has 1 saturated carbocycles. The summed E-state index contributed by atoms with van der Waals surface area (Å²) in [6.45, 7) is 10.8. The number of likely N-dealkylation sites (tertiary alicyclic amines) is 1. The summed E-state index contributed by atoms with van der Waals surface area (Å²) in [5.74, 6) is 3.35. The van der Waals surface area contributed by atoms with E-state index in [0.717, 1.165) is 30.9 Å². The number of amides is 5. The van der Waals surface area contributed by atoms with Crippen molar-refractivity contribution >= 4 is 52.5 Å². The second-order valence-electron chi connectivity index (χ2n) is 22.3. The fourth-order valence-electron chi connectivity index (χ4n) is 12.1. The normalized spacial score (nSPS) is 27.0. The van der Waals surface area contributed by atoms with Crippen LogP contribution in [0.5, 0.6) is 5.75 Å². The maximum absolute atomic E-state index is 16.4. The number of carbonyl (C=O) groups excluding carboxylic acids is 5. The Morgan fingerprint density at radius 1 is 1.03 bits per heavy atom. The molecule has 1 aliphatic carbocycles. The van der Waals surface area contributed by atoms with Crippen LogP contribution in [0.25, 0.3) is 0 Å². The summed E-state index contributed by atoms with van der Waals surface area (Å²) >= 11 is 6.40. The van der Waals surface area contributed by atoms with Crippen LogP contribution in [0.4, 0.5) is 28.9 Å². The molecule has 7 atom stereocenters. The van der Waals surface area contributed by atoms with Gasteiger partial charge in [-0.25, -0.2) is 4.39 Å². The molecule has 6 heterocycles. The number of fused-ring (bicyclic) bond motifs is 3. The number of benzene rings is 3. The first kappa shape index (κ1) is 50.0. The molecule has 18 heteroatoms. The number of anilines is 2. The second kappa shape index (κ2) is 17.9. The first-order valence-corrected chi connectivity index (χ1v) is 24.9. The van der Waals surface area contributed by atoms with E-state index in [4.69, 9.17) is 16.3 Å². The third-order valence-electron chi connectivity index (χ3n) is 16.1. The number of aromatic nitrogens is 1. The molecule has 4 aromatic rings. The van der Waals surface area contributed by atoms with Gasteiger partial charge < -0.3 is 30.5 Å². The van der Waals surface area contributed by atoms with E-state index in [1.54, 1.807) is 42.5 Å². The van der Waals surface area contributed by atoms with Crippen molar-refractivity contribution in [2.24, 2.45) is 16.7 Å². The van der Waals surface area contributed by atoms with Crippen LogP contribution in [-0.2, 0) is 32.5 Å². The SMILES string of the molecule is COc1cc(C(=O)N2C[C@]3(CCC2(C)C)C[C@@H]3C#Cc2cccc3c2CN(C2CCC(=O)NC2=O)C3=O)ccc1NC(=O)[C@@H]1N[C@@H](CC(C)(C)C)[C@@]2(CNc3cc(C(F)(F)F)ncc32)[C@H]1c1cccc(Cl)c1F. The average Bonchev–Trinajstić information content (AvgIpc) is 3.52. The molecular weight excluding hydrogens is 966 g/mol. The number of nitrogens with zero attached hydrogens (tertiary/aromatic N) is 3. The fraction of sp³-hybridized carbons (Fsp3) is 0.455. The lowest BCUT2D eigenvalue weighted by molar-refractivity contribution is -0.141. The Morgan fingerprint density at radius 3 is 2.52 bits per heavy atom. The molecule has 4 N–H and O–H groups in total. The van der Waals surface area contributed by atoms with Crippen molar-refractivity contribution in [3.05, 3.63) is 117 Å². The van der Waals surface area contributed by atoms with Crippen molar-refractivity contribution in [1.29, 1.82) is 0 Å². The Morgan fingerprint density at radius 2 is 1.79 bits per heavy atom. The number of nitrogens with one attached hydrogen (secondary N) is 4. The zero-order chi connectivity index (χ0) is 52.2. The maximum Gasteiger partial charge on any atom is 0.433 e. The van der Waals surface area contributed by atoms with E-state index in [1.807, 2.05) is 45.6 Å². The number of pyridine rings is 1. The molecule has 1 aromatic heterocycles. The summed E-state index contributed by atoms with van der Waals surface area (Å²) in [7, 11) is 1.42. The van der Waals surface area contributed by atoms with Crippen molar-refractivity contribution in [3.63, 3.8) is 0 Å². The standard InChI is InChI=1S/C55H56ClF4N7O6/c1-51(2,3)24-42-54(27-62-38-22-41(55(58,59)60)61-25-35(38)54)44(33-11-8-12-36(56)45(33)57)46(64-42)48(70)63-37-16-14-30(21-40(37)73-6)49(71)67-28-53(20-19-52(67,4)5)23-31(53)15-13-29-9-7-10-32-34(29)26-66(50(32)72)39-17-18-43(68)65-47(39)69/h7-12,14,16,21-22,25,31,39,42,44,46,62,64H,17-20,23-24,26-28H2,1-6H3,(H,63,70)(H,65,68,69)/t31-,39?,42-,44-,46+,53-,54-/m0/s1. The minimum Gasteiger partial charge on any atom is -0.495 e. The van der Waals surface area contributed by atoms with Crippen molar-refractivity contribution in [1.82, 2.24) is 25.4 Å². The molecule has 0 radical (unpaired) electrons. The van der Waals surface area contributed by atoms with Crippen molar-refractivity contribution < 1.29 is 46.3 Å². The number of rotatable bonds is 7. The monoisotopic (exact) mass is 1020 g/mol. The molecule has 3 saturated heterocycles. The number of carbonyl (C=O) groups is 5. The van der Waals surface area contributed by atoms with Gasteiger partial charge >= 0.3 is 6.18 Å². The van der Waals surface area contributed by atoms with Crippen LogP contribution in [0.15, 0.2) is 66.9 Å². The van der Waals surface area contributed by atoms with Crippen LogP contribution in [0, 0.1) is 34.4 Å². The second-order valence-corrected chi connectivity index (χ2v) is 22.7. The average molecular weight is 1020 g/mol. The van der Waals surface area contributed by atoms with Gasteiger partial charge in [-0.3, -0.25) is 34.3 Å².